The van der Waals surface area contributed by atoms with Crippen molar-refractivity contribution < 1.29 is 0 Å². The molecular formula is C10H10N4. The van der Waals surface area contributed by atoms with Crippen LogP contribution >= 0.6 is 0 Å². The standard InChI is InChI=1S/C10H10N4/c1-10(2,7-11)8-4-3-5-9(6-8)13-14-12/h3-6H,1-2H3. The van der Waals surface area contributed by atoms with Crippen LogP contribution in [0.25, 0.3) is 10.4 Å². The number of azide groups is 1. The van der Waals surface area contributed by atoms with Gasteiger partial charge in [0.25, 0.3) is 0 Å². The van der Waals surface area contributed by atoms with E-state index in [0.717, 1.165) is 5.56 Å². The fraction of sp³-hybridized carbons (Fsp3) is 0.300. The number of nitriles is 1. The predicted molar refractivity (Wildman–Crippen MR) is 53.9 cm³/mol. The van der Waals surface area contributed by atoms with E-state index < -0.39 is 5.41 Å². The summed E-state index contributed by atoms with van der Waals surface area (Å²) in [6, 6.07) is 9.25. The Kier molecular flexibility index (Phi) is 2.76. The third kappa shape index (κ3) is 2.03. The van der Waals surface area contributed by atoms with Crippen LogP contribution in [-0.2, 0) is 5.41 Å². The number of hydrogen-bond donors (Lipinski definition) is 0. The van der Waals surface area contributed by atoms with Gasteiger partial charge >= 0.3 is 0 Å². The van der Waals surface area contributed by atoms with Gasteiger partial charge in [0.1, 0.15) is 0 Å². The molecule has 70 valence electrons. The smallest absolute Gasteiger partial charge is 0.0766 e. The topological polar surface area (TPSA) is 72.5 Å². The Hall–Kier alpha value is -1.98. The predicted octanol–water partition coefficient (Wildman–Crippen LogP) is 3.43. The second-order valence-electron chi connectivity index (χ2n) is 3.48. The zero-order valence-corrected chi connectivity index (χ0v) is 8.10. The average molecular weight is 186 g/mol. The van der Waals surface area contributed by atoms with Crippen molar-refractivity contribution in [1.29, 1.82) is 5.26 Å². The summed E-state index contributed by atoms with van der Waals surface area (Å²) in [5.74, 6) is 0. The van der Waals surface area contributed by atoms with Gasteiger partial charge < -0.3 is 0 Å². The second kappa shape index (κ2) is 3.82. The van der Waals surface area contributed by atoms with Crippen LogP contribution in [0.5, 0.6) is 0 Å². The van der Waals surface area contributed by atoms with Gasteiger partial charge in [0.2, 0.25) is 0 Å². The summed E-state index contributed by atoms with van der Waals surface area (Å²) in [5, 5.41) is 12.4. The zero-order valence-electron chi connectivity index (χ0n) is 8.10. The largest absolute Gasteiger partial charge is 0.197 e. The van der Waals surface area contributed by atoms with Gasteiger partial charge in [0, 0.05) is 10.6 Å². The van der Waals surface area contributed by atoms with Gasteiger partial charge in [0.05, 0.1) is 11.5 Å². The van der Waals surface area contributed by atoms with Crippen molar-refractivity contribution in [2.24, 2.45) is 5.11 Å². The first-order valence-corrected chi connectivity index (χ1v) is 4.17. The van der Waals surface area contributed by atoms with Crippen LogP contribution < -0.4 is 0 Å². The Labute approximate surface area is 82.4 Å². The lowest BCUT2D eigenvalue weighted by Gasteiger charge is -2.15. The van der Waals surface area contributed by atoms with E-state index in [0.29, 0.717) is 5.69 Å². The molecule has 0 bridgehead atoms. The maximum Gasteiger partial charge on any atom is 0.0766 e. The van der Waals surface area contributed by atoms with Crippen molar-refractivity contribution in [3.05, 3.63) is 40.3 Å². The molecule has 1 aromatic rings. The quantitative estimate of drug-likeness (QED) is 0.396. The summed E-state index contributed by atoms with van der Waals surface area (Å²) in [7, 11) is 0. The Balaban J connectivity index is 3.19. The van der Waals surface area contributed by atoms with E-state index in [2.05, 4.69) is 16.1 Å². The summed E-state index contributed by atoms with van der Waals surface area (Å²) >= 11 is 0. The first-order valence-electron chi connectivity index (χ1n) is 4.17. The molecule has 0 N–H and O–H groups in total. The molecule has 0 fully saturated rings. The minimum Gasteiger partial charge on any atom is -0.197 e. The maximum atomic E-state index is 8.91. The molecule has 0 radical (unpaired) electrons. The van der Waals surface area contributed by atoms with Crippen molar-refractivity contribution in [2.75, 3.05) is 0 Å². The van der Waals surface area contributed by atoms with E-state index in [1.165, 1.54) is 0 Å². The Morgan fingerprint density at radius 2 is 2.21 bits per heavy atom. The van der Waals surface area contributed by atoms with Crippen LogP contribution in [-0.4, -0.2) is 0 Å². The SMILES string of the molecule is CC(C)(C#N)c1cccc(N=[N+]=[N-])c1. The first-order chi connectivity index (χ1) is 6.60. The lowest BCUT2D eigenvalue weighted by atomic mass is 9.86. The highest BCUT2D eigenvalue weighted by molar-refractivity contribution is 5.44. The zero-order chi connectivity index (χ0) is 10.6. The molecule has 1 rings (SSSR count). The monoisotopic (exact) mass is 186 g/mol. The van der Waals surface area contributed by atoms with Crippen LogP contribution in [0.2, 0.25) is 0 Å². The molecule has 4 nitrogen and oxygen atoms in total. The average Bonchev–Trinajstić information content (AvgIpc) is 2.19. The van der Waals surface area contributed by atoms with Gasteiger partial charge in [-0.15, -0.1) is 0 Å². The van der Waals surface area contributed by atoms with Crippen molar-refractivity contribution in [2.45, 2.75) is 19.3 Å². The fourth-order valence-corrected chi connectivity index (χ4v) is 1.07. The maximum absolute atomic E-state index is 8.91. The molecule has 0 aliphatic carbocycles. The van der Waals surface area contributed by atoms with Crippen LogP contribution in [0.1, 0.15) is 19.4 Å². The first kappa shape index (κ1) is 10.1. The van der Waals surface area contributed by atoms with Crippen molar-refractivity contribution in [3.8, 4) is 6.07 Å². The molecule has 0 aliphatic rings. The molecule has 14 heavy (non-hydrogen) atoms. The molecular weight excluding hydrogens is 176 g/mol. The van der Waals surface area contributed by atoms with Crippen molar-refractivity contribution in [3.63, 3.8) is 0 Å². The second-order valence-corrected chi connectivity index (χ2v) is 3.48. The number of nitrogens with zero attached hydrogens (tertiary/aromatic N) is 4. The summed E-state index contributed by atoms with van der Waals surface area (Å²) in [6.45, 7) is 3.64. The molecule has 0 saturated carbocycles. The van der Waals surface area contributed by atoms with E-state index >= 15 is 0 Å². The Morgan fingerprint density at radius 1 is 1.50 bits per heavy atom. The lowest BCUT2D eigenvalue weighted by Crippen LogP contribution is -2.13. The van der Waals surface area contributed by atoms with Crippen LogP contribution in [0.3, 0.4) is 0 Å². The Morgan fingerprint density at radius 3 is 2.79 bits per heavy atom. The summed E-state index contributed by atoms with van der Waals surface area (Å²) in [5.41, 5.74) is 9.10. The molecule has 0 atom stereocenters. The van der Waals surface area contributed by atoms with Crippen molar-refractivity contribution in [1.82, 2.24) is 0 Å². The molecule has 0 heterocycles. The highest BCUT2D eigenvalue weighted by atomic mass is 15.1. The highest BCUT2D eigenvalue weighted by Crippen LogP contribution is 2.25. The van der Waals surface area contributed by atoms with E-state index in [9.17, 15) is 0 Å². The summed E-state index contributed by atoms with van der Waals surface area (Å²) in [6.07, 6.45) is 0. The third-order valence-electron chi connectivity index (χ3n) is 2.01. The van der Waals surface area contributed by atoms with Crippen LogP contribution in [0.15, 0.2) is 29.4 Å². The molecule has 0 saturated heterocycles. The third-order valence-corrected chi connectivity index (χ3v) is 2.01. The fourth-order valence-electron chi connectivity index (χ4n) is 1.07. The molecule has 0 aliphatic heterocycles. The summed E-state index contributed by atoms with van der Waals surface area (Å²) in [4.78, 5) is 2.70. The Bertz CT molecular complexity index is 422. The van der Waals surface area contributed by atoms with Gasteiger partial charge in [-0.2, -0.15) is 5.26 Å². The van der Waals surface area contributed by atoms with Crippen LogP contribution in [0.4, 0.5) is 5.69 Å². The van der Waals surface area contributed by atoms with E-state index in [1.807, 2.05) is 19.9 Å². The van der Waals surface area contributed by atoms with E-state index in [1.54, 1.807) is 18.2 Å². The highest BCUT2D eigenvalue weighted by Gasteiger charge is 2.19. The van der Waals surface area contributed by atoms with Gasteiger partial charge in [-0.3, -0.25) is 0 Å². The van der Waals surface area contributed by atoms with Gasteiger partial charge in [-0.05, 0) is 31.0 Å². The van der Waals surface area contributed by atoms with Crippen LogP contribution in [0, 0.1) is 11.3 Å². The van der Waals surface area contributed by atoms with Gasteiger partial charge in [-0.1, -0.05) is 23.3 Å². The molecule has 0 amide bonds. The molecule has 0 unspecified atom stereocenters. The minimum absolute atomic E-state index is 0.535. The molecule has 1 aromatic carbocycles. The molecule has 0 spiro atoms. The van der Waals surface area contributed by atoms with Crippen molar-refractivity contribution >= 4 is 5.69 Å². The van der Waals surface area contributed by atoms with Gasteiger partial charge in [-0.25, -0.2) is 0 Å². The van der Waals surface area contributed by atoms with E-state index in [4.69, 9.17) is 10.8 Å². The molecule has 4 heteroatoms. The number of rotatable bonds is 2. The lowest BCUT2D eigenvalue weighted by molar-refractivity contribution is 0.687. The van der Waals surface area contributed by atoms with Gasteiger partial charge in [0.15, 0.2) is 0 Å². The number of benzene rings is 1. The summed E-state index contributed by atoms with van der Waals surface area (Å²) < 4.78 is 0. The normalized spacial score (nSPS) is 10.1. The number of hydrogen-bond acceptors (Lipinski definition) is 2. The van der Waals surface area contributed by atoms with E-state index in [-0.39, 0.29) is 0 Å². The minimum atomic E-state index is -0.555. The molecule has 0 aromatic heterocycles.